The number of Topliss-reactive ketones (excluding diaryl/α,β-unsaturated/α-hetero) is 1. The van der Waals surface area contributed by atoms with Gasteiger partial charge < -0.3 is 4.74 Å². The maximum absolute atomic E-state index is 11.1. The molecule has 1 aromatic heterocycles. The highest BCUT2D eigenvalue weighted by Gasteiger charge is 2.23. The Kier molecular flexibility index (Phi) is 2.42. The number of rotatable bonds is 1. The molecular formula is C9H11NO2S. The van der Waals surface area contributed by atoms with Gasteiger partial charge in [0.05, 0.1) is 17.3 Å². The topological polar surface area (TPSA) is 39.2 Å². The Morgan fingerprint density at radius 3 is 3.15 bits per heavy atom. The van der Waals surface area contributed by atoms with Gasteiger partial charge in [-0.05, 0) is 6.92 Å². The number of aryl methyl sites for hydroxylation is 1. The minimum atomic E-state index is -0.0915. The molecule has 4 heteroatoms. The van der Waals surface area contributed by atoms with E-state index in [1.165, 1.54) is 0 Å². The quantitative estimate of drug-likeness (QED) is 0.690. The first-order valence-electron chi connectivity index (χ1n) is 4.31. The summed E-state index contributed by atoms with van der Waals surface area (Å²) < 4.78 is 5.47. The van der Waals surface area contributed by atoms with Gasteiger partial charge in [-0.3, -0.25) is 4.79 Å². The summed E-state index contributed by atoms with van der Waals surface area (Å²) in [4.78, 5) is 15.5. The van der Waals surface area contributed by atoms with Crippen LogP contribution in [-0.2, 0) is 9.53 Å². The van der Waals surface area contributed by atoms with Gasteiger partial charge in [-0.1, -0.05) is 0 Å². The van der Waals surface area contributed by atoms with Crippen LogP contribution in [0.4, 0.5) is 0 Å². The molecule has 3 nitrogen and oxygen atoms in total. The predicted molar refractivity (Wildman–Crippen MR) is 49.8 cm³/mol. The molecule has 2 heterocycles. The van der Waals surface area contributed by atoms with Gasteiger partial charge in [0.1, 0.15) is 11.9 Å². The fourth-order valence-electron chi connectivity index (χ4n) is 1.40. The molecule has 0 bridgehead atoms. The number of hydrogen-bond acceptors (Lipinski definition) is 4. The van der Waals surface area contributed by atoms with Crippen molar-refractivity contribution >= 4 is 17.1 Å². The Balaban J connectivity index is 2.12. The van der Waals surface area contributed by atoms with Crippen molar-refractivity contribution in [1.29, 1.82) is 0 Å². The zero-order valence-corrected chi connectivity index (χ0v) is 8.26. The van der Waals surface area contributed by atoms with E-state index in [0.717, 1.165) is 10.7 Å². The number of thiazole rings is 1. The summed E-state index contributed by atoms with van der Waals surface area (Å²) in [6.07, 6.45) is 0.953. The second kappa shape index (κ2) is 3.55. The van der Waals surface area contributed by atoms with Crippen molar-refractivity contribution in [3.63, 3.8) is 0 Å². The first-order chi connectivity index (χ1) is 6.25. The smallest absolute Gasteiger partial charge is 0.138 e. The standard InChI is InChI=1S/C9H11NO2S/c1-6-10-8(5-13-6)9-4-7(11)2-3-12-9/h5,9H,2-4H2,1H3. The molecule has 1 fully saturated rings. The molecule has 13 heavy (non-hydrogen) atoms. The molecule has 0 amide bonds. The number of hydrogen-bond donors (Lipinski definition) is 0. The molecule has 2 rings (SSSR count). The normalized spacial score (nSPS) is 23.5. The molecule has 1 atom stereocenters. The van der Waals surface area contributed by atoms with Gasteiger partial charge in [-0.25, -0.2) is 4.98 Å². The van der Waals surface area contributed by atoms with E-state index in [2.05, 4.69) is 4.98 Å². The molecule has 0 aliphatic carbocycles. The predicted octanol–water partition coefficient (Wildman–Crippen LogP) is 1.87. The summed E-state index contributed by atoms with van der Waals surface area (Å²) in [5, 5.41) is 3.00. The molecular weight excluding hydrogens is 186 g/mol. The van der Waals surface area contributed by atoms with Gasteiger partial charge in [-0.2, -0.15) is 0 Å². The van der Waals surface area contributed by atoms with Crippen LogP contribution in [0.15, 0.2) is 5.38 Å². The van der Waals surface area contributed by atoms with Crippen molar-refractivity contribution in [3.8, 4) is 0 Å². The number of carbonyl (C=O) groups is 1. The van der Waals surface area contributed by atoms with E-state index in [9.17, 15) is 4.79 Å². The van der Waals surface area contributed by atoms with Crippen molar-refractivity contribution < 1.29 is 9.53 Å². The average Bonchev–Trinajstić information content (AvgIpc) is 2.52. The molecule has 1 unspecified atom stereocenters. The van der Waals surface area contributed by atoms with Crippen LogP contribution in [0.25, 0.3) is 0 Å². The van der Waals surface area contributed by atoms with Crippen LogP contribution >= 0.6 is 11.3 Å². The highest BCUT2D eigenvalue weighted by atomic mass is 32.1. The van der Waals surface area contributed by atoms with E-state index in [0.29, 0.717) is 19.4 Å². The molecule has 0 spiro atoms. The first-order valence-corrected chi connectivity index (χ1v) is 5.19. The lowest BCUT2D eigenvalue weighted by atomic mass is 10.1. The Labute approximate surface area is 80.8 Å². The van der Waals surface area contributed by atoms with Crippen molar-refractivity contribution in [3.05, 3.63) is 16.1 Å². The maximum Gasteiger partial charge on any atom is 0.138 e. The lowest BCUT2D eigenvalue weighted by molar-refractivity contribution is -0.128. The van der Waals surface area contributed by atoms with Gasteiger partial charge in [-0.15, -0.1) is 11.3 Å². The summed E-state index contributed by atoms with van der Waals surface area (Å²) in [6.45, 7) is 2.50. The molecule has 1 aliphatic rings. The van der Waals surface area contributed by atoms with Gasteiger partial charge in [0, 0.05) is 18.2 Å². The lowest BCUT2D eigenvalue weighted by Gasteiger charge is -2.19. The number of nitrogens with zero attached hydrogens (tertiary/aromatic N) is 1. The largest absolute Gasteiger partial charge is 0.371 e. The SMILES string of the molecule is Cc1nc(C2CC(=O)CCO2)cs1. The average molecular weight is 197 g/mol. The van der Waals surface area contributed by atoms with Crippen LogP contribution in [0, 0.1) is 6.92 Å². The summed E-state index contributed by atoms with van der Waals surface area (Å²) in [6, 6.07) is 0. The molecule has 1 saturated heterocycles. The third-order valence-corrected chi connectivity index (χ3v) is 2.87. The van der Waals surface area contributed by atoms with Crippen LogP contribution in [0.5, 0.6) is 0 Å². The number of carbonyl (C=O) groups excluding carboxylic acids is 1. The highest BCUT2D eigenvalue weighted by molar-refractivity contribution is 7.09. The molecule has 1 aliphatic heterocycles. The fourth-order valence-corrected chi connectivity index (χ4v) is 2.05. The summed E-state index contributed by atoms with van der Waals surface area (Å²) in [5.41, 5.74) is 0.913. The summed E-state index contributed by atoms with van der Waals surface area (Å²) >= 11 is 1.60. The van der Waals surface area contributed by atoms with Crippen LogP contribution in [0.3, 0.4) is 0 Å². The zero-order chi connectivity index (χ0) is 9.26. The second-order valence-corrected chi connectivity index (χ2v) is 4.21. The van der Waals surface area contributed by atoms with E-state index in [1.54, 1.807) is 11.3 Å². The maximum atomic E-state index is 11.1. The van der Waals surface area contributed by atoms with Gasteiger partial charge in [0.25, 0.3) is 0 Å². The molecule has 0 N–H and O–H groups in total. The van der Waals surface area contributed by atoms with E-state index in [1.807, 2.05) is 12.3 Å². The molecule has 0 aromatic carbocycles. The van der Waals surface area contributed by atoms with E-state index in [-0.39, 0.29) is 11.9 Å². The first kappa shape index (κ1) is 8.84. The Hall–Kier alpha value is -0.740. The summed E-state index contributed by atoms with van der Waals surface area (Å²) in [7, 11) is 0. The van der Waals surface area contributed by atoms with E-state index in [4.69, 9.17) is 4.74 Å². The van der Waals surface area contributed by atoms with Gasteiger partial charge in [0.15, 0.2) is 0 Å². The van der Waals surface area contributed by atoms with Crippen LogP contribution in [-0.4, -0.2) is 17.4 Å². The van der Waals surface area contributed by atoms with Crippen molar-refractivity contribution in [2.75, 3.05) is 6.61 Å². The van der Waals surface area contributed by atoms with E-state index < -0.39 is 0 Å². The number of ether oxygens (including phenoxy) is 1. The monoisotopic (exact) mass is 197 g/mol. The van der Waals surface area contributed by atoms with Crippen LogP contribution in [0.2, 0.25) is 0 Å². The highest BCUT2D eigenvalue weighted by Crippen LogP contribution is 2.26. The molecule has 0 saturated carbocycles. The lowest BCUT2D eigenvalue weighted by Crippen LogP contribution is -2.19. The Morgan fingerprint density at radius 1 is 1.69 bits per heavy atom. The fraction of sp³-hybridized carbons (Fsp3) is 0.556. The third-order valence-electron chi connectivity index (χ3n) is 2.08. The number of aromatic nitrogens is 1. The Bertz CT molecular complexity index is 321. The summed E-state index contributed by atoms with van der Waals surface area (Å²) in [5.74, 6) is 0.280. The zero-order valence-electron chi connectivity index (χ0n) is 7.45. The Morgan fingerprint density at radius 2 is 2.54 bits per heavy atom. The number of ketones is 1. The molecule has 70 valence electrons. The molecule has 0 radical (unpaired) electrons. The third kappa shape index (κ3) is 1.95. The minimum Gasteiger partial charge on any atom is -0.371 e. The van der Waals surface area contributed by atoms with Gasteiger partial charge in [0.2, 0.25) is 0 Å². The van der Waals surface area contributed by atoms with Crippen molar-refractivity contribution in [2.24, 2.45) is 0 Å². The minimum absolute atomic E-state index is 0.0915. The van der Waals surface area contributed by atoms with Gasteiger partial charge >= 0.3 is 0 Å². The van der Waals surface area contributed by atoms with Crippen LogP contribution < -0.4 is 0 Å². The van der Waals surface area contributed by atoms with E-state index >= 15 is 0 Å². The second-order valence-electron chi connectivity index (χ2n) is 3.14. The van der Waals surface area contributed by atoms with Crippen molar-refractivity contribution in [2.45, 2.75) is 25.9 Å². The molecule has 1 aromatic rings. The van der Waals surface area contributed by atoms with Crippen molar-refractivity contribution in [1.82, 2.24) is 4.98 Å². The van der Waals surface area contributed by atoms with Crippen LogP contribution in [0.1, 0.15) is 29.6 Å².